The highest BCUT2D eigenvalue weighted by Crippen LogP contribution is 2.28. The van der Waals surface area contributed by atoms with Gasteiger partial charge in [-0.05, 0) is 27.6 Å². The Labute approximate surface area is 92.6 Å². The third-order valence-electron chi connectivity index (χ3n) is 1.52. The van der Waals surface area contributed by atoms with Crippen molar-refractivity contribution in [2.75, 3.05) is 0 Å². The van der Waals surface area contributed by atoms with Gasteiger partial charge >= 0.3 is 0 Å². The number of nitriles is 1. The van der Waals surface area contributed by atoms with Gasteiger partial charge in [-0.25, -0.2) is 13.8 Å². The Morgan fingerprint density at radius 3 is 2.79 bits per heavy atom. The van der Waals surface area contributed by atoms with Crippen LogP contribution in [0.4, 0.5) is 8.78 Å². The van der Waals surface area contributed by atoms with Crippen LogP contribution in [0.25, 0.3) is 0 Å². The second-order valence-corrected chi connectivity index (χ2v) is 3.60. The topological polar surface area (TPSA) is 36.7 Å². The van der Waals surface area contributed by atoms with E-state index >= 15 is 0 Å². The molecule has 0 aliphatic rings. The summed E-state index contributed by atoms with van der Waals surface area (Å²) in [5, 5.41) is 8.63. The molecule has 0 amide bonds. The average Bonchev–Trinajstić information content (AvgIpc) is 2.11. The number of nitrogens with zero attached hydrogens (tertiary/aromatic N) is 2. The zero-order chi connectivity index (χ0) is 10.7. The quantitative estimate of drug-likeness (QED) is 0.778. The normalized spacial score (nSPS) is 10.3. The van der Waals surface area contributed by atoms with Crippen LogP contribution in [0.1, 0.15) is 17.7 Å². The number of aromatic nitrogens is 1. The fourth-order valence-electron chi connectivity index (χ4n) is 0.933. The molecule has 1 heterocycles. The maximum absolute atomic E-state index is 12.4. The highest BCUT2D eigenvalue weighted by Gasteiger charge is 2.16. The van der Waals surface area contributed by atoms with Crippen molar-refractivity contribution >= 4 is 27.5 Å². The Morgan fingerprint density at radius 1 is 1.64 bits per heavy atom. The molecule has 2 nitrogen and oxygen atoms in total. The molecule has 0 radical (unpaired) electrons. The predicted octanol–water partition coefficient (Wildman–Crippen LogP) is 3.50. The third-order valence-corrected chi connectivity index (χ3v) is 2.64. The molecule has 1 rings (SSSR count). The van der Waals surface area contributed by atoms with Crippen molar-refractivity contribution in [1.29, 1.82) is 5.26 Å². The van der Waals surface area contributed by atoms with Crippen molar-refractivity contribution in [3.05, 3.63) is 26.9 Å². The minimum Gasteiger partial charge on any atom is -0.238 e. The Morgan fingerprint density at radius 2 is 2.29 bits per heavy atom. The van der Waals surface area contributed by atoms with E-state index in [1.807, 2.05) is 0 Å². The van der Waals surface area contributed by atoms with Crippen LogP contribution < -0.4 is 0 Å². The van der Waals surface area contributed by atoms with E-state index < -0.39 is 12.1 Å². The van der Waals surface area contributed by atoms with Crippen LogP contribution in [0.5, 0.6) is 0 Å². The molecule has 0 bridgehead atoms. The maximum Gasteiger partial charge on any atom is 0.280 e. The minimum absolute atomic E-state index is 0.125. The molecule has 74 valence electrons. The highest BCUT2D eigenvalue weighted by molar-refractivity contribution is 9.10. The van der Waals surface area contributed by atoms with Crippen molar-refractivity contribution in [2.24, 2.45) is 0 Å². The van der Waals surface area contributed by atoms with Crippen molar-refractivity contribution in [3.8, 4) is 6.07 Å². The van der Waals surface area contributed by atoms with Gasteiger partial charge < -0.3 is 0 Å². The fourth-order valence-corrected chi connectivity index (χ4v) is 1.41. The second kappa shape index (κ2) is 4.67. The summed E-state index contributed by atoms with van der Waals surface area (Å²) < 4.78 is 25.0. The number of hydrogen-bond acceptors (Lipinski definition) is 2. The minimum atomic E-state index is -2.70. The van der Waals surface area contributed by atoms with Gasteiger partial charge in [0.2, 0.25) is 0 Å². The van der Waals surface area contributed by atoms with Gasteiger partial charge in [0.15, 0.2) is 0 Å². The number of rotatable bonds is 2. The summed E-state index contributed by atoms with van der Waals surface area (Å²) in [5.41, 5.74) is -0.237. The molecule has 1 aromatic heterocycles. The lowest BCUT2D eigenvalue weighted by Gasteiger charge is -2.06. The molecular weight excluding hydrogens is 277 g/mol. The first-order valence-electron chi connectivity index (χ1n) is 3.56. The second-order valence-electron chi connectivity index (χ2n) is 2.44. The van der Waals surface area contributed by atoms with Crippen molar-refractivity contribution in [3.63, 3.8) is 0 Å². The first kappa shape index (κ1) is 11.3. The smallest absolute Gasteiger partial charge is 0.238 e. The van der Waals surface area contributed by atoms with Crippen molar-refractivity contribution < 1.29 is 8.78 Å². The Kier molecular flexibility index (Phi) is 3.78. The molecule has 0 saturated carbocycles. The van der Waals surface area contributed by atoms with Gasteiger partial charge in [0.1, 0.15) is 10.3 Å². The summed E-state index contributed by atoms with van der Waals surface area (Å²) in [6.07, 6.45) is -2.83. The van der Waals surface area contributed by atoms with Gasteiger partial charge in [0.05, 0.1) is 17.5 Å². The van der Waals surface area contributed by atoms with Crippen LogP contribution in [0.2, 0.25) is 5.02 Å². The summed E-state index contributed by atoms with van der Waals surface area (Å²) in [4.78, 5) is 3.57. The molecule has 0 N–H and O–H groups in total. The van der Waals surface area contributed by atoms with E-state index in [4.69, 9.17) is 16.9 Å². The van der Waals surface area contributed by atoms with Gasteiger partial charge in [-0.1, -0.05) is 11.6 Å². The van der Waals surface area contributed by atoms with Gasteiger partial charge in [0, 0.05) is 0 Å². The van der Waals surface area contributed by atoms with E-state index in [2.05, 4.69) is 20.9 Å². The number of alkyl halides is 2. The maximum atomic E-state index is 12.4. The van der Waals surface area contributed by atoms with Crippen molar-refractivity contribution in [1.82, 2.24) is 4.98 Å². The molecular formula is C8H4BrClF2N2. The summed E-state index contributed by atoms with van der Waals surface area (Å²) in [6.45, 7) is 0. The lowest BCUT2D eigenvalue weighted by atomic mass is 10.1. The monoisotopic (exact) mass is 280 g/mol. The molecule has 14 heavy (non-hydrogen) atoms. The molecule has 0 atom stereocenters. The predicted molar refractivity (Wildman–Crippen MR) is 51.2 cm³/mol. The SMILES string of the molecule is N#CCc1cc(Cl)c(Br)nc1C(F)F. The van der Waals surface area contributed by atoms with Crippen LogP contribution in [-0.4, -0.2) is 4.98 Å². The fraction of sp³-hybridized carbons (Fsp3) is 0.250. The molecule has 0 spiro atoms. The third kappa shape index (κ3) is 2.40. The van der Waals surface area contributed by atoms with Crippen LogP contribution in [0, 0.1) is 11.3 Å². The van der Waals surface area contributed by atoms with E-state index in [1.54, 1.807) is 6.07 Å². The lowest BCUT2D eigenvalue weighted by Crippen LogP contribution is -1.99. The highest BCUT2D eigenvalue weighted by atomic mass is 79.9. The van der Waals surface area contributed by atoms with E-state index in [0.717, 1.165) is 0 Å². The van der Waals surface area contributed by atoms with E-state index in [1.165, 1.54) is 6.07 Å². The Balaban J connectivity index is 3.25. The zero-order valence-electron chi connectivity index (χ0n) is 6.77. The molecule has 6 heteroatoms. The standard InChI is InChI=1S/C8H4BrClF2N2/c9-7-5(10)3-4(1-2-13)6(14-7)8(11)12/h3,8H,1H2. The molecule has 0 fully saturated rings. The molecule has 0 saturated heterocycles. The molecule has 0 unspecified atom stereocenters. The summed E-state index contributed by atoms with van der Waals surface area (Å²) in [5.74, 6) is 0. The van der Waals surface area contributed by atoms with Gasteiger partial charge in [-0.2, -0.15) is 5.26 Å². The van der Waals surface area contributed by atoms with Crippen LogP contribution in [0.15, 0.2) is 10.7 Å². The Hall–Kier alpha value is -0.730. The largest absolute Gasteiger partial charge is 0.280 e. The van der Waals surface area contributed by atoms with Gasteiger partial charge in [0.25, 0.3) is 6.43 Å². The average molecular weight is 281 g/mol. The molecule has 0 aliphatic heterocycles. The molecule has 0 aliphatic carbocycles. The van der Waals surface area contributed by atoms with E-state index in [0.29, 0.717) is 0 Å². The van der Waals surface area contributed by atoms with E-state index in [9.17, 15) is 8.78 Å². The number of pyridine rings is 1. The summed E-state index contributed by atoms with van der Waals surface area (Å²) >= 11 is 8.60. The summed E-state index contributed by atoms with van der Waals surface area (Å²) in [7, 11) is 0. The summed E-state index contributed by atoms with van der Waals surface area (Å²) in [6, 6.07) is 3.10. The van der Waals surface area contributed by atoms with Crippen LogP contribution >= 0.6 is 27.5 Å². The lowest BCUT2D eigenvalue weighted by molar-refractivity contribution is 0.145. The first-order valence-corrected chi connectivity index (χ1v) is 4.73. The van der Waals surface area contributed by atoms with Crippen LogP contribution in [-0.2, 0) is 6.42 Å². The molecule has 1 aromatic rings. The van der Waals surface area contributed by atoms with Gasteiger partial charge in [-0.15, -0.1) is 0 Å². The van der Waals surface area contributed by atoms with Gasteiger partial charge in [-0.3, -0.25) is 0 Å². The Bertz CT molecular complexity index is 390. The molecule has 0 aromatic carbocycles. The van der Waals surface area contributed by atoms with E-state index in [-0.39, 0.29) is 21.6 Å². The van der Waals surface area contributed by atoms with Crippen LogP contribution in [0.3, 0.4) is 0 Å². The zero-order valence-corrected chi connectivity index (χ0v) is 9.11. The number of halogens is 4. The first-order chi connectivity index (χ1) is 6.56. The number of hydrogen-bond donors (Lipinski definition) is 0. The van der Waals surface area contributed by atoms with Crippen molar-refractivity contribution in [2.45, 2.75) is 12.8 Å².